The lowest BCUT2D eigenvalue weighted by Crippen LogP contribution is -2.35. The normalized spacial score (nSPS) is 13.4. The summed E-state index contributed by atoms with van der Waals surface area (Å²) < 4.78 is 62.7. The highest BCUT2D eigenvalue weighted by Crippen LogP contribution is 2.37. The second kappa shape index (κ2) is 8.93. The van der Waals surface area contributed by atoms with E-state index in [1.807, 2.05) is 0 Å². The summed E-state index contributed by atoms with van der Waals surface area (Å²) in [4.78, 5) is 8.32. The van der Waals surface area contributed by atoms with Crippen LogP contribution in [0.3, 0.4) is 0 Å². The zero-order valence-corrected chi connectivity index (χ0v) is 16.9. The van der Waals surface area contributed by atoms with E-state index < -0.39 is 34.5 Å². The lowest BCUT2D eigenvalue weighted by atomic mass is 9.83. The molecule has 0 amide bonds. The van der Waals surface area contributed by atoms with Crippen molar-refractivity contribution in [2.24, 2.45) is 0 Å². The quantitative estimate of drug-likeness (QED) is 0.609. The van der Waals surface area contributed by atoms with Gasteiger partial charge in [0, 0.05) is 43.0 Å². The number of benzene rings is 1. The molecular formula is C21H20F3N3O2S. The van der Waals surface area contributed by atoms with Crippen LogP contribution < -0.4 is 5.32 Å². The molecule has 5 nitrogen and oxygen atoms in total. The van der Waals surface area contributed by atoms with Crippen molar-refractivity contribution in [2.45, 2.75) is 23.0 Å². The highest BCUT2D eigenvalue weighted by Gasteiger charge is 2.33. The Morgan fingerprint density at radius 2 is 1.43 bits per heavy atom. The van der Waals surface area contributed by atoms with E-state index >= 15 is 0 Å². The van der Waals surface area contributed by atoms with Crippen LogP contribution in [0.2, 0.25) is 0 Å². The summed E-state index contributed by atoms with van der Waals surface area (Å²) in [5.41, 5.74) is 1.93. The van der Waals surface area contributed by atoms with Gasteiger partial charge in [-0.25, -0.2) is 8.42 Å². The SMILES string of the molecule is CS(=O)(=O)c1ccc(C(NCC(F)(F)F)C(c2cccnc2)c2cccnc2)cc1. The molecule has 1 N–H and O–H groups in total. The van der Waals surface area contributed by atoms with E-state index in [2.05, 4.69) is 15.3 Å². The number of hydrogen-bond donors (Lipinski definition) is 1. The maximum atomic E-state index is 13.1. The summed E-state index contributed by atoms with van der Waals surface area (Å²) in [6.45, 7) is -1.21. The summed E-state index contributed by atoms with van der Waals surface area (Å²) in [7, 11) is -3.43. The van der Waals surface area contributed by atoms with Gasteiger partial charge in [-0.2, -0.15) is 13.2 Å². The van der Waals surface area contributed by atoms with Crippen molar-refractivity contribution in [3.63, 3.8) is 0 Å². The summed E-state index contributed by atoms with van der Waals surface area (Å²) in [6.07, 6.45) is 3.04. The third kappa shape index (κ3) is 5.64. The molecule has 0 aliphatic heterocycles. The molecule has 1 unspecified atom stereocenters. The van der Waals surface area contributed by atoms with Gasteiger partial charge in [0.25, 0.3) is 0 Å². The van der Waals surface area contributed by atoms with E-state index in [0.29, 0.717) is 16.7 Å². The van der Waals surface area contributed by atoms with Gasteiger partial charge in [0.1, 0.15) is 0 Å². The Kier molecular flexibility index (Phi) is 6.52. The topological polar surface area (TPSA) is 72.0 Å². The van der Waals surface area contributed by atoms with Crippen molar-refractivity contribution < 1.29 is 21.6 Å². The Morgan fingerprint density at radius 3 is 1.83 bits per heavy atom. The highest BCUT2D eigenvalue weighted by atomic mass is 32.2. The molecule has 0 saturated heterocycles. The Balaban J connectivity index is 2.10. The fraction of sp³-hybridized carbons (Fsp3) is 0.238. The van der Waals surface area contributed by atoms with Gasteiger partial charge in [-0.05, 0) is 41.0 Å². The maximum absolute atomic E-state index is 13.1. The van der Waals surface area contributed by atoms with Crippen molar-refractivity contribution >= 4 is 9.84 Å². The highest BCUT2D eigenvalue weighted by molar-refractivity contribution is 7.90. The Hall–Kier alpha value is -2.78. The molecule has 0 fully saturated rings. The zero-order chi connectivity index (χ0) is 21.8. The van der Waals surface area contributed by atoms with Crippen LogP contribution in [0, 0.1) is 0 Å². The number of halogens is 3. The van der Waals surface area contributed by atoms with E-state index in [4.69, 9.17) is 0 Å². The average molecular weight is 435 g/mol. The smallest absolute Gasteiger partial charge is 0.301 e. The molecule has 30 heavy (non-hydrogen) atoms. The molecule has 1 aromatic carbocycles. The molecular weight excluding hydrogens is 415 g/mol. The summed E-state index contributed by atoms with van der Waals surface area (Å²) in [5, 5.41) is 2.60. The van der Waals surface area contributed by atoms with E-state index in [0.717, 1.165) is 6.26 Å². The van der Waals surface area contributed by atoms with Crippen LogP contribution >= 0.6 is 0 Å². The minimum Gasteiger partial charge on any atom is -0.301 e. The second-order valence-electron chi connectivity index (χ2n) is 6.87. The van der Waals surface area contributed by atoms with Gasteiger partial charge in [0.05, 0.1) is 11.4 Å². The number of pyridine rings is 2. The number of nitrogens with one attached hydrogen (secondary N) is 1. The molecule has 0 aliphatic carbocycles. The molecule has 0 bridgehead atoms. The lowest BCUT2D eigenvalue weighted by Gasteiger charge is -2.30. The molecule has 0 aliphatic rings. The monoisotopic (exact) mass is 435 g/mol. The van der Waals surface area contributed by atoms with Crippen LogP contribution in [0.15, 0.2) is 78.2 Å². The molecule has 1 atom stereocenters. The van der Waals surface area contributed by atoms with Crippen LogP contribution in [0.5, 0.6) is 0 Å². The molecule has 2 heterocycles. The number of sulfone groups is 1. The minimum absolute atomic E-state index is 0.0973. The lowest BCUT2D eigenvalue weighted by molar-refractivity contribution is -0.126. The zero-order valence-electron chi connectivity index (χ0n) is 16.0. The first-order chi connectivity index (χ1) is 14.1. The van der Waals surface area contributed by atoms with Gasteiger partial charge in [-0.1, -0.05) is 24.3 Å². The van der Waals surface area contributed by atoms with Gasteiger partial charge in [0.15, 0.2) is 9.84 Å². The first kappa shape index (κ1) is 21.9. The standard InChI is InChI=1S/C21H20F3N3O2S/c1-30(28,29)18-8-6-15(7-9-18)20(27-14-21(22,23)24)19(16-4-2-10-25-12-16)17-5-3-11-26-13-17/h2-13,19-20,27H,14H2,1H3. The number of alkyl halides is 3. The number of nitrogens with zero attached hydrogens (tertiary/aromatic N) is 2. The van der Waals surface area contributed by atoms with Gasteiger partial charge >= 0.3 is 6.18 Å². The van der Waals surface area contributed by atoms with E-state index in [1.165, 1.54) is 24.3 Å². The summed E-state index contributed by atoms with van der Waals surface area (Å²) in [5.74, 6) is -0.529. The molecule has 3 aromatic rings. The fourth-order valence-corrected chi connectivity index (χ4v) is 3.90. The predicted octanol–water partition coefficient (Wildman–Crippen LogP) is 3.91. The summed E-state index contributed by atoms with van der Waals surface area (Å²) >= 11 is 0. The second-order valence-corrected chi connectivity index (χ2v) is 8.88. The van der Waals surface area contributed by atoms with Crippen LogP contribution in [0.1, 0.15) is 28.7 Å². The molecule has 9 heteroatoms. The first-order valence-electron chi connectivity index (χ1n) is 9.05. The maximum Gasteiger partial charge on any atom is 0.401 e. The molecule has 158 valence electrons. The van der Waals surface area contributed by atoms with Gasteiger partial charge in [0.2, 0.25) is 0 Å². The van der Waals surface area contributed by atoms with Crippen LogP contribution in [0.25, 0.3) is 0 Å². The van der Waals surface area contributed by atoms with Crippen LogP contribution in [-0.4, -0.2) is 37.4 Å². The molecule has 0 spiro atoms. The predicted molar refractivity (Wildman–Crippen MR) is 107 cm³/mol. The van der Waals surface area contributed by atoms with E-state index in [1.54, 1.807) is 49.1 Å². The fourth-order valence-electron chi connectivity index (χ4n) is 3.27. The molecule has 2 aromatic heterocycles. The number of aromatic nitrogens is 2. The van der Waals surface area contributed by atoms with Crippen molar-refractivity contribution in [2.75, 3.05) is 12.8 Å². The van der Waals surface area contributed by atoms with E-state index in [9.17, 15) is 21.6 Å². The van der Waals surface area contributed by atoms with Gasteiger partial charge < -0.3 is 5.32 Å². The van der Waals surface area contributed by atoms with Crippen LogP contribution in [0.4, 0.5) is 13.2 Å². The Bertz CT molecular complexity index is 1020. The van der Waals surface area contributed by atoms with Gasteiger partial charge in [-0.15, -0.1) is 0 Å². The van der Waals surface area contributed by atoms with Crippen molar-refractivity contribution in [1.29, 1.82) is 0 Å². The molecule has 0 radical (unpaired) electrons. The third-order valence-corrected chi connectivity index (χ3v) is 5.74. The van der Waals surface area contributed by atoms with Crippen molar-refractivity contribution in [3.8, 4) is 0 Å². The third-order valence-electron chi connectivity index (χ3n) is 4.61. The van der Waals surface area contributed by atoms with E-state index in [-0.39, 0.29) is 4.90 Å². The average Bonchev–Trinajstić information content (AvgIpc) is 2.71. The number of hydrogen-bond acceptors (Lipinski definition) is 5. The number of rotatable bonds is 7. The molecule has 3 rings (SSSR count). The van der Waals surface area contributed by atoms with Crippen LogP contribution in [-0.2, 0) is 9.84 Å². The first-order valence-corrected chi connectivity index (χ1v) is 10.9. The minimum atomic E-state index is -4.42. The Morgan fingerprint density at radius 1 is 0.900 bits per heavy atom. The summed E-state index contributed by atoms with van der Waals surface area (Å²) in [6, 6.07) is 12.1. The van der Waals surface area contributed by atoms with Crippen molar-refractivity contribution in [1.82, 2.24) is 15.3 Å². The largest absolute Gasteiger partial charge is 0.401 e. The Labute approximate surface area is 172 Å². The van der Waals surface area contributed by atoms with Gasteiger partial charge in [-0.3, -0.25) is 9.97 Å². The van der Waals surface area contributed by atoms with Crippen molar-refractivity contribution in [3.05, 3.63) is 90.0 Å². The molecule has 0 saturated carbocycles.